The van der Waals surface area contributed by atoms with Crippen molar-refractivity contribution in [1.29, 1.82) is 0 Å². The third-order valence-corrected chi connectivity index (χ3v) is 4.63. The number of rotatable bonds is 5. The van der Waals surface area contributed by atoms with E-state index in [1.807, 2.05) is 62.4 Å². The lowest BCUT2D eigenvalue weighted by Crippen LogP contribution is -2.21. The third-order valence-electron chi connectivity index (χ3n) is 3.95. The third kappa shape index (κ3) is 3.51. The Bertz CT molecular complexity index is 891. The lowest BCUT2D eigenvalue weighted by atomic mass is 10.1. The Morgan fingerprint density at radius 2 is 1.92 bits per heavy atom. The summed E-state index contributed by atoms with van der Waals surface area (Å²) >= 11 is 3.54. The van der Waals surface area contributed by atoms with E-state index in [4.69, 9.17) is 9.47 Å². The number of anilines is 1. The number of carbonyl (C=O) groups excluding carboxylic acids is 1. The van der Waals surface area contributed by atoms with Crippen LogP contribution < -0.4 is 14.5 Å². The highest BCUT2D eigenvalue weighted by Crippen LogP contribution is 2.35. The van der Waals surface area contributed by atoms with Gasteiger partial charge in [-0.3, -0.25) is 4.79 Å². The van der Waals surface area contributed by atoms with Crippen LogP contribution in [0.5, 0.6) is 11.5 Å². The maximum atomic E-state index is 12.8. The minimum Gasteiger partial charge on any atom is -0.493 e. The summed E-state index contributed by atoms with van der Waals surface area (Å²) in [6, 6.07) is 13.1. The second-order valence-electron chi connectivity index (χ2n) is 5.65. The van der Waals surface area contributed by atoms with E-state index in [0.717, 1.165) is 15.7 Å². The largest absolute Gasteiger partial charge is 0.493 e. The summed E-state index contributed by atoms with van der Waals surface area (Å²) in [5.41, 5.74) is 2.77. The van der Waals surface area contributed by atoms with E-state index in [-0.39, 0.29) is 5.91 Å². The van der Waals surface area contributed by atoms with Gasteiger partial charge in [-0.15, -0.1) is 0 Å². The molecule has 0 spiro atoms. The Hall–Kier alpha value is -2.60. The highest BCUT2D eigenvalue weighted by atomic mass is 79.9. The van der Waals surface area contributed by atoms with Gasteiger partial charge in [-0.05, 0) is 49.8 Å². The van der Waals surface area contributed by atoms with Crippen molar-refractivity contribution in [2.75, 3.05) is 18.7 Å². The van der Waals surface area contributed by atoms with Gasteiger partial charge in [0, 0.05) is 4.47 Å². The minimum absolute atomic E-state index is 0.158. The minimum atomic E-state index is -0.158. The topological polar surface area (TPSA) is 51.1 Å². The van der Waals surface area contributed by atoms with Crippen LogP contribution in [0.3, 0.4) is 0 Å². The van der Waals surface area contributed by atoms with Gasteiger partial charge in [-0.2, -0.15) is 10.1 Å². The van der Waals surface area contributed by atoms with Crippen LogP contribution in [0.1, 0.15) is 19.4 Å². The van der Waals surface area contributed by atoms with Crippen LogP contribution in [0.2, 0.25) is 0 Å². The second kappa shape index (κ2) is 7.74. The first-order valence-corrected chi connectivity index (χ1v) is 9.01. The van der Waals surface area contributed by atoms with E-state index >= 15 is 0 Å². The summed E-state index contributed by atoms with van der Waals surface area (Å²) in [5, 5.41) is 5.82. The molecular formula is C20H19BrN2O3. The Kier molecular flexibility index (Phi) is 5.42. The van der Waals surface area contributed by atoms with Crippen molar-refractivity contribution < 1.29 is 14.3 Å². The smallest absolute Gasteiger partial charge is 0.280 e. The summed E-state index contributed by atoms with van der Waals surface area (Å²) in [6.07, 6.45) is 1.82. The van der Waals surface area contributed by atoms with Gasteiger partial charge in [-0.25, -0.2) is 0 Å². The molecule has 0 atom stereocenters. The van der Waals surface area contributed by atoms with E-state index in [0.29, 0.717) is 29.4 Å². The summed E-state index contributed by atoms with van der Waals surface area (Å²) in [6.45, 7) is 4.26. The van der Waals surface area contributed by atoms with Crippen LogP contribution >= 0.6 is 15.9 Å². The predicted molar refractivity (Wildman–Crippen MR) is 107 cm³/mol. The molecule has 1 aliphatic rings. The first-order chi connectivity index (χ1) is 12.5. The zero-order valence-electron chi connectivity index (χ0n) is 14.8. The highest BCUT2D eigenvalue weighted by Gasteiger charge is 2.28. The molecule has 6 heteroatoms. The molecule has 2 aromatic carbocycles. The van der Waals surface area contributed by atoms with Crippen LogP contribution in [0, 0.1) is 0 Å². The highest BCUT2D eigenvalue weighted by molar-refractivity contribution is 9.10. The zero-order valence-corrected chi connectivity index (χ0v) is 16.4. The molecule has 0 bridgehead atoms. The lowest BCUT2D eigenvalue weighted by molar-refractivity contribution is -0.114. The monoisotopic (exact) mass is 414 g/mol. The molecule has 0 N–H and O–H groups in total. The van der Waals surface area contributed by atoms with Gasteiger partial charge in [0.25, 0.3) is 5.91 Å². The van der Waals surface area contributed by atoms with Crippen LogP contribution in [-0.4, -0.2) is 25.3 Å². The van der Waals surface area contributed by atoms with E-state index in [2.05, 4.69) is 21.0 Å². The fraction of sp³-hybridized carbons (Fsp3) is 0.200. The summed E-state index contributed by atoms with van der Waals surface area (Å²) < 4.78 is 11.8. The zero-order chi connectivity index (χ0) is 18.7. The number of hydrogen-bond donors (Lipinski definition) is 0. The molecular weight excluding hydrogens is 396 g/mol. The molecule has 2 aromatic rings. The molecule has 1 heterocycles. The Balaban J connectivity index is 1.99. The SMILES string of the molecule is CCOc1cc(/C=C2/C(=O)N(c3ccccc3)N=C2C)c(Br)cc1OC. The standard InChI is InChI=1S/C20H19BrN2O3/c1-4-26-19-11-14(17(21)12-18(19)25-3)10-16-13(2)22-23(20(16)24)15-8-6-5-7-9-15/h5-12H,4H2,1-3H3/b16-10+. The second-order valence-corrected chi connectivity index (χ2v) is 6.51. The molecule has 3 rings (SSSR count). The van der Waals surface area contributed by atoms with Gasteiger partial charge >= 0.3 is 0 Å². The van der Waals surface area contributed by atoms with Gasteiger partial charge in [0.1, 0.15) is 0 Å². The Morgan fingerprint density at radius 1 is 1.19 bits per heavy atom. The molecule has 0 saturated heterocycles. The number of amides is 1. The van der Waals surface area contributed by atoms with Crippen LogP contribution in [0.4, 0.5) is 5.69 Å². The van der Waals surface area contributed by atoms with Gasteiger partial charge in [-0.1, -0.05) is 34.1 Å². The summed E-state index contributed by atoms with van der Waals surface area (Å²) in [7, 11) is 1.59. The number of hydrazone groups is 1. The van der Waals surface area contributed by atoms with Crippen molar-refractivity contribution in [2.24, 2.45) is 5.10 Å². The number of benzene rings is 2. The fourth-order valence-corrected chi connectivity index (χ4v) is 3.11. The van der Waals surface area contributed by atoms with Crippen molar-refractivity contribution in [2.45, 2.75) is 13.8 Å². The van der Waals surface area contributed by atoms with E-state index in [1.54, 1.807) is 7.11 Å². The molecule has 0 aliphatic carbocycles. The number of nitrogens with zero attached hydrogens (tertiary/aromatic N) is 2. The van der Waals surface area contributed by atoms with Crippen LogP contribution in [-0.2, 0) is 4.79 Å². The quantitative estimate of drug-likeness (QED) is 0.668. The van der Waals surface area contributed by atoms with Crippen molar-refractivity contribution in [3.8, 4) is 11.5 Å². The Labute approximate surface area is 161 Å². The molecule has 0 fully saturated rings. The fourth-order valence-electron chi connectivity index (χ4n) is 2.67. The first-order valence-electron chi connectivity index (χ1n) is 8.22. The average molecular weight is 415 g/mol. The van der Waals surface area contributed by atoms with Crippen molar-refractivity contribution in [3.05, 3.63) is 58.1 Å². The first kappa shape index (κ1) is 18.2. The van der Waals surface area contributed by atoms with Crippen molar-refractivity contribution in [3.63, 3.8) is 0 Å². The molecule has 1 aliphatic heterocycles. The van der Waals surface area contributed by atoms with E-state index in [1.165, 1.54) is 5.01 Å². The number of hydrogen-bond acceptors (Lipinski definition) is 4. The molecule has 5 nitrogen and oxygen atoms in total. The van der Waals surface area contributed by atoms with Gasteiger partial charge in [0.2, 0.25) is 0 Å². The van der Waals surface area contributed by atoms with Gasteiger partial charge < -0.3 is 9.47 Å². The molecule has 1 amide bonds. The molecule has 0 unspecified atom stereocenters. The number of para-hydroxylation sites is 1. The normalized spacial score (nSPS) is 15.4. The maximum Gasteiger partial charge on any atom is 0.280 e. The van der Waals surface area contributed by atoms with E-state index < -0.39 is 0 Å². The molecule has 26 heavy (non-hydrogen) atoms. The van der Waals surface area contributed by atoms with Crippen LogP contribution in [0.15, 0.2) is 57.6 Å². The number of halogens is 1. The molecule has 0 saturated carbocycles. The Morgan fingerprint density at radius 3 is 2.58 bits per heavy atom. The van der Waals surface area contributed by atoms with Crippen molar-refractivity contribution >= 4 is 39.3 Å². The summed E-state index contributed by atoms with van der Waals surface area (Å²) in [4.78, 5) is 12.8. The number of carbonyl (C=O) groups is 1. The van der Waals surface area contributed by atoms with E-state index in [9.17, 15) is 4.79 Å². The average Bonchev–Trinajstić information content (AvgIpc) is 2.93. The van der Waals surface area contributed by atoms with Gasteiger partial charge in [0.15, 0.2) is 11.5 Å². The number of ether oxygens (including phenoxy) is 2. The number of methoxy groups -OCH3 is 1. The molecule has 0 radical (unpaired) electrons. The maximum absolute atomic E-state index is 12.8. The van der Waals surface area contributed by atoms with Crippen molar-refractivity contribution in [1.82, 2.24) is 0 Å². The lowest BCUT2D eigenvalue weighted by Gasteiger charge is -2.12. The summed E-state index contributed by atoms with van der Waals surface area (Å²) in [5.74, 6) is 1.11. The molecule has 134 valence electrons. The predicted octanol–water partition coefficient (Wildman–Crippen LogP) is 4.66. The molecule has 0 aromatic heterocycles. The van der Waals surface area contributed by atoms with Gasteiger partial charge in [0.05, 0.1) is 30.7 Å². The van der Waals surface area contributed by atoms with Crippen LogP contribution in [0.25, 0.3) is 6.08 Å².